The van der Waals surface area contributed by atoms with Gasteiger partial charge in [0.05, 0.1) is 32.3 Å². The van der Waals surface area contributed by atoms with Crippen LogP contribution in [-0.4, -0.2) is 74.4 Å². The van der Waals surface area contributed by atoms with Gasteiger partial charge in [-0.05, 0) is 25.2 Å². The maximum absolute atomic E-state index is 13.2. The normalized spacial score (nSPS) is 21.1. The number of carbonyl (C=O) groups excluding carboxylic acids is 2. The molecule has 156 valence electrons. The smallest absolute Gasteiger partial charge is 0.305 e. The molecule has 1 atom stereocenters. The summed E-state index contributed by atoms with van der Waals surface area (Å²) >= 11 is 1.49. The second-order valence-corrected chi connectivity index (χ2v) is 8.29. The third kappa shape index (κ3) is 5.01. The Hall–Kier alpha value is -1.71. The number of methoxy groups -OCH3 is 2. The molecule has 3 rings (SSSR count). The zero-order valence-electron chi connectivity index (χ0n) is 16.6. The Balaban J connectivity index is 1.65. The Morgan fingerprint density at radius 1 is 1.39 bits per heavy atom. The second-order valence-electron chi connectivity index (χ2n) is 7.43. The van der Waals surface area contributed by atoms with Gasteiger partial charge in [-0.15, -0.1) is 11.3 Å². The highest BCUT2D eigenvalue weighted by molar-refractivity contribution is 7.13. The fourth-order valence-electron chi connectivity index (χ4n) is 4.19. The van der Waals surface area contributed by atoms with E-state index in [4.69, 9.17) is 14.2 Å². The van der Waals surface area contributed by atoms with E-state index >= 15 is 0 Å². The third-order valence-corrected chi connectivity index (χ3v) is 6.40. The van der Waals surface area contributed by atoms with Gasteiger partial charge in [0.2, 0.25) is 5.91 Å². The lowest BCUT2D eigenvalue weighted by molar-refractivity contribution is -0.142. The van der Waals surface area contributed by atoms with Crippen LogP contribution < -0.4 is 5.32 Å². The standard InChI is InChI=1S/C19H29N3O5S/c1-25-8-5-20-18-21-15(13-28-18)10-16(23)22-12-14(9-17(24)26-2)11-19(22)3-6-27-7-4-19/h13-14H,3-12H2,1-2H3,(H,20,21). The van der Waals surface area contributed by atoms with Crippen molar-refractivity contribution in [3.63, 3.8) is 0 Å². The van der Waals surface area contributed by atoms with E-state index in [-0.39, 0.29) is 29.8 Å². The molecule has 8 nitrogen and oxygen atoms in total. The summed E-state index contributed by atoms with van der Waals surface area (Å²) in [6.07, 6.45) is 3.09. The first-order chi connectivity index (χ1) is 13.6. The van der Waals surface area contributed by atoms with Crippen molar-refractivity contribution in [2.45, 2.75) is 37.6 Å². The summed E-state index contributed by atoms with van der Waals surface area (Å²) in [5.41, 5.74) is 0.567. The van der Waals surface area contributed by atoms with E-state index in [1.54, 1.807) is 7.11 Å². The Morgan fingerprint density at radius 2 is 2.18 bits per heavy atom. The minimum absolute atomic E-state index is 0.0722. The average molecular weight is 412 g/mol. The monoisotopic (exact) mass is 411 g/mol. The summed E-state index contributed by atoms with van der Waals surface area (Å²) in [5, 5.41) is 5.91. The molecule has 2 saturated heterocycles. The first-order valence-electron chi connectivity index (χ1n) is 9.68. The van der Waals surface area contributed by atoms with Crippen molar-refractivity contribution in [1.29, 1.82) is 0 Å². The van der Waals surface area contributed by atoms with E-state index in [0.717, 1.165) is 30.1 Å². The molecule has 1 unspecified atom stereocenters. The maximum atomic E-state index is 13.2. The van der Waals surface area contributed by atoms with Gasteiger partial charge in [0.15, 0.2) is 5.13 Å². The number of nitrogens with one attached hydrogen (secondary N) is 1. The van der Waals surface area contributed by atoms with Gasteiger partial charge in [-0.1, -0.05) is 0 Å². The van der Waals surface area contributed by atoms with Crippen LogP contribution in [0.4, 0.5) is 5.13 Å². The molecule has 3 heterocycles. The molecule has 2 fully saturated rings. The molecule has 28 heavy (non-hydrogen) atoms. The highest BCUT2D eigenvalue weighted by Crippen LogP contribution is 2.42. The van der Waals surface area contributed by atoms with Crippen molar-refractivity contribution in [2.75, 3.05) is 52.4 Å². The number of hydrogen-bond donors (Lipinski definition) is 1. The number of amides is 1. The van der Waals surface area contributed by atoms with Crippen LogP contribution in [0, 0.1) is 5.92 Å². The van der Waals surface area contributed by atoms with Gasteiger partial charge in [-0.3, -0.25) is 9.59 Å². The summed E-state index contributed by atoms with van der Waals surface area (Å²) in [6, 6.07) is 0. The number of ether oxygens (including phenoxy) is 3. The molecular weight excluding hydrogens is 382 g/mol. The largest absolute Gasteiger partial charge is 0.469 e. The predicted octanol–water partition coefficient (Wildman–Crippen LogP) is 1.70. The summed E-state index contributed by atoms with van der Waals surface area (Å²) in [5.74, 6) is -0.00741. The number of carbonyl (C=O) groups is 2. The maximum Gasteiger partial charge on any atom is 0.305 e. The van der Waals surface area contributed by atoms with E-state index in [9.17, 15) is 9.59 Å². The van der Waals surface area contributed by atoms with Crippen LogP contribution >= 0.6 is 11.3 Å². The topological polar surface area (TPSA) is 90.0 Å². The lowest BCUT2D eigenvalue weighted by Crippen LogP contribution is -2.51. The van der Waals surface area contributed by atoms with Crippen molar-refractivity contribution in [1.82, 2.24) is 9.88 Å². The Morgan fingerprint density at radius 3 is 2.89 bits per heavy atom. The minimum atomic E-state index is -0.215. The van der Waals surface area contributed by atoms with Gasteiger partial charge in [0.1, 0.15) is 0 Å². The van der Waals surface area contributed by atoms with E-state index in [1.165, 1.54) is 18.4 Å². The van der Waals surface area contributed by atoms with Crippen LogP contribution in [0.15, 0.2) is 5.38 Å². The number of anilines is 1. The zero-order chi connectivity index (χ0) is 20.0. The first kappa shape index (κ1) is 21.0. The molecule has 1 aromatic rings. The summed E-state index contributed by atoms with van der Waals surface area (Å²) in [6.45, 7) is 3.19. The number of rotatable bonds is 8. The number of likely N-dealkylation sites (tertiary alicyclic amines) is 1. The zero-order valence-corrected chi connectivity index (χ0v) is 17.4. The van der Waals surface area contributed by atoms with Crippen LogP contribution in [0.25, 0.3) is 0 Å². The van der Waals surface area contributed by atoms with Crippen LogP contribution in [-0.2, 0) is 30.2 Å². The summed E-state index contributed by atoms with van der Waals surface area (Å²) < 4.78 is 15.4. The lowest BCUT2D eigenvalue weighted by Gasteiger charge is -2.41. The summed E-state index contributed by atoms with van der Waals surface area (Å²) in [4.78, 5) is 31.4. The molecule has 1 amide bonds. The Kier molecular flexibility index (Phi) is 7.25. The van der Waals surface area contributed by atoms with Gasteiger partial charge in [-0.2, -0.15) is 0 Å². The molecule has 2 aliphatic heterocycles. The van der Waals surface area contributed by atoms with Crippen molar-refractivity contribution in [2.24, 2.45) is 5.92 Å². The van der Waals surface area contributed by atoms with Gasteiger partial charge < -0.3 is 24.4 Å². The first-order valence-corrected chi connectivity index (χ1v) is 10.6. The molecule has 0 aromatic carbocycles. The van der Waals surface area contributed by atoms with E-state index in [2.05, 4.69) is 10.3 Å². The molecule has 1 spiro atoms. The van der Waals surface area contributed by atoms with Gasteiger partial charge in [0, 0.05) is 44.3 Å². The molecule has 0 saturated carbocycles. The van der Waals surface area contributed by atoms with Gasteiger partial charge >= 0.3 is 5.97 Å². The van der Waals surface area contributed by atoms with Crippen LogP contribution in [0.1, 0.15) is 31.4 Å². The minimum Gasteiger partial charge on any atom is -0.469 e. The SMILES string of the molecule is COCCNc1nc(CC(=O)N2CC(CC(=O)OC)CC23CCOCC3)cs1. The lowest BCUT2D eigenvalue weighted by atomic mass is 9.84. The molecule has 1 aromatic heterocycles. The molecule has 1 N–H and O–H groups in total. The number of thiazole rings is 1. The highest BCUT2D eigenvalue weighted by atomic mass is 32.1. The molecular formula is C19H29N3O5S. The van der Waals surface area contributed by atoms with Crippen molar-refractivity contribution >= 4 is 28.3 Å². The van der Waals surface area contributed by atoms with E-state index < -0.39 is 0 Å². The highest BCUT2D eigenvalue weighted by Gasteiger charge is 2.48. The van der Waals surface area contributed by atoms with Crippen molar-refractivity contribution in [3.8, 4) is 0 Å². The fraction of sp³-hybridized carbons (Fsp3) is 0.737. The van der Waals surface area contributed by atoms with E-state index in [1.807, 2.05) is 10.3 Å². The number of nitrogens with zero attached hydrogens (tertiary/aromatic N) is 2. The van der Waals surface area contributed by atoms with Crippen LogP contribution in [0.3, 0.4) is 0 Å². The molecule has 2 aliphatic rings. The number of hydrogen-bond acceptors (Lipinski definition) is 8. The molecule has 9 heteroatoms. The number of esters is 1. The predicted molar refractivity (Wildman–Crippen MR) is 105 cm³/mol. The molecule has 0 aliphatic carbocycles. The number of aromatic nitrogens is 1. The third-order valence-electron chi connectivity index (χ3n) is 5.56. The average Bonchev–Trinajstić information content (AvgIpc) is 3.27. The molecule has 0 radical (unpaired) electrons. The van der Waals surface area contributed by atoms with Crippen LogP contribution in [0.5, 0.6) is 0 Å². The van der Waals surface area contributed by atoms with Gasteiger partial charge in [0.25, 0.3) is 0 Å². The van der Waals surface area contributed by atoms with Crippen LogP contribution in [0.2, 0.25) is 0 Å². The fourth-order valence-corrected chi connectivity index (χ4v) is 4.93. The van der Waals surface area contributed by atoms with E-state index in [0.29, 0.717) is 39.3 Å². The second kappa shape index (κ2) is 9.67. The van der Waals surface area contributed by atoms with Gasteiger partial charge in [-0.25, -0.2) is 4.98 Å². The quantitative estimate of drug-likeness (QED) is 0.514. The Bertz CT molecular complexity index is 674. The Labute approximate surface area is 169 Å². The van der Waals surface area contributed by atoms with Crippen molar-refractivity contribution < 1.29 is 23.8 Å². The molecule has 0 bridgehead atoms. The summed E-state index contributed by atoms with van der Waals surface area (Å²) in [7, 11) is 3.06. The van der Waals surface area contributed by atoms with Crippen molar-refractivity contribution in [3.05, 3.63) is 11.1 Å².